The summed E-state index contributed by atoms with van der Waals surface area (Å²) in [5.74, 6) is 1.70. The second-order valence-corrected chi connectivity index (χ2v) is 7.76. The van der Waals surface area contributed by atoms with E-state index in [1.165, 1.54) is 0 Å². The molecule has 0 bridgehead atoms. The van der Waals surface area contributed by atoms with Crippen molar-refractivity contribution in [1.29, 1.82) is 0 Å². The Labute approximate surface area is 76.8 Å². The largest absolute Gasteiger partial charge is 0.466 e. The smallest absolute Gasteiger partial charge is 0.156 e. The van der Waals surface area contributed by atoms with Gasteiger partial charge in [-0.05, 0) is 24.9 Å². The summed E-state index contributed by atoms with van der Waals surface area (Å²) in [6, 6.07) is 0. The van der Waals surface area contributed by atoms with Gasteiger partial charge in [-0.3, -0.25) is 0 Å². The standard InChI is InChI=1S/C6H14.C2H10OSi2/c1-5(2)6(3)4;1-5(2)3-4/h5-6H,1-4H3;5H,1-2,4H3. The lowest BCUT2D eigenvalue weighted by molar-refractivity contribution is 0.457. The first-order valence-electron chi connectivity index (χ1n) is 4.44. The molecule has 0 amide bonds. The Hall–Kier alpha value is 0.394. The van der Waals surface area contributed by atoms with Gasteiger partial charge in [0.05, 0.1) is 0 Å². The SMILES string of the molecule is CC(C)C(C)C.C[SiH](C)O[SiH3]. The molecule has 0 radical (unpaired) electrons. The summed E-state index contributed by atoms with van der Waals surface area (Å²) >= 11 is 0. The third kappa shape index (κ3) is 17.9. The molecule has 3 heteroatoms. The van der Waals surface area contributed by atoms with Crippen molar-refractivity contribution in [3.63, 3.8) is 0 Å². The molecule has 0 atom stereocenters. The predicted octanol–water partition coefficient (Wildman–Crippen LogP) is 1.57. The fourth-order valence-electron chi connectivity index (χ4n) is 0. The van der Waals surface area contributed by atoms with Crippen molar-refractivity contribution in [3.8, 4) is 0 Å². The molecule has 1 nitrogen and oxygen atoms in total. The molecule has 0 heterocycles. The lowest BCUT2D eigenvalue weighted by Crippen LogP contribution is -2.02. The molecule has 0 aliphatic rings. The summed E-state index contributed by atoms with van der Waals surface area (Å²) in [5, 5.41) is 0. The molecular weight excluding hydrogens is 168 g/mol. The molecule has 0 saturated carbocycles. The highest BCUT2D eigenvalue weighted by Gasteiger charge is 1.95. The molecule has 0 spiro atoms. The van der Waals surface area contributed by atoms with E-state index in [0.29, 0.717) is 0 Å². The molecule has 0 unspecified atom stereocenters. The van der Waals surface area contributed by atoms with Crippen molar-refractivity contribution < 1.29 is 4.12 Å². The number of hydrogen-bond acceptors (Lipinski definition) is 1. The molecule has 70 valence electrons. The van der Waals surface area contributed by atoms with Crippen molar-refractivity contribution in [2.75, 3.05) is 0 Å². The summed E-state index contributed by atoms with van der Waals surface area (Å²) in [6.07, 6.45) is 0. The molecule has 0 aliphatic heterocycles. The van der Waals surface area contributed by atoms with Crippen LogP contribution in [0, 0.1) is 11.8 Å². The van der Waals surface area contributed by atoms with E-state index in [4.69, 9.17) is 4.12 Å². The predicted molar refractivity (Wildman–Crippen MR) is 59.6 cm³/mol. The second kappa shape index (κ2) is 8.49. The van der Waals surface area contributed by atoms with Crippen molar-refractivity contribution in [2.45, 2.75) is 40.8 Å². The topological polar surface area (TPSA) is 9.23 Å². The fourth-order valence-corrected chi connectivity index (χ4v) is 0. The highest BCUT2D eigenvalue weighted by Crippen LogP contribution is 2.05. The minimum Gasteiger partial charge on any atom is -0.466 e. The average Bonchev–Trinajstić information content (AvgIpc) is 1.89. The molecule has 0 N–H and O–H groups in total. The molecular formula is C8H24OSi2. The van der Waals surface area contributed by atoms with Gasteiger partial charge in [0.15, 0.2) is 9.04 Å². The highest BCUT2D eigenvalue weighted by atomic mass is 28.3. The second-order valence-electron chi connectivity index (χ2n) is 3.77. The van der Waals surface area contributed by atoms with E-state index >= 15 is 0 Å². The van der Waals surface area contributed by atoms with E-state index in [2.05, 4.69) is 40.8 Å². The molecule has 0 aliphatic carbocycles. The third-order valence-electron chi connectivity index (χ3n) is 1.80. The molecule has 0 saturated heterocycles. The van der Waals surface area contributed by atoms with Crippen LogP contribution in [0.1, 0.15) is 27.7 Å². The van der Waals surface area contributed by atoms with Gasteiger partial charge in [-0.15, -0.1) is 0 Å². The van der Waals surface area contributed by atoms with E-state index in [0.717, 1.165) is 22.3 Å². The van der Waals surface area contributed by atoms with E-state index in [-0.39, 0.29) is 0 Å². The van der Waals surface area contributed by atoms with Crippen LogP contribution < -0.4 is 0 Å². The Balaban J connectivity index is 0. The Morgan fingerprint density at radius 2 is 1.18 bits per heavy atom. The van der Waals surface area contributed by atoms with E-state index < -0.39 is 9.04 Å². The Kier molecular flexibility index (Phi) is 10.8. The van der Waals surface area contributed by atoms with Gasteiger partial charge in [-0.1, -0.05) is 27.7 Å². The van der Waals surface area contributed by atoms with Gasteiger partial charge in [0, 0.05) is 0 Å². The summed E-state index contributed by atoms with van der Waals surface area (Å²) in [5.41, 5.74) is 0. The van der Waals surface area contributed by atoms with E-state index in [1.807, 2.05) is 0 Å². The van der Waals surface area contributed by atoms with Gasteiger partial charge in [0.1, 0.15) is 10.5 Å². The minimum atomic E-state index is -0.588. The van der Waals surface area contributed by atoms with Crippen LogP contribution >= 0.6 is 0 Å². The normalized spacial score (nSPS) is 10.6. The lowest BCUT2D eigenvalue weighted by atomic mass is 10.0. The summed E-state index contributed by atoms with van der Waals surface area (Å²) in [7, 11) is 0.347. The Morgan fingerprint density at radius 1 is 1.00 bits per heavy atom. The molecule has 0 aromatic rings. The maximum absolute atomic E-state index is 5.03. The average molecular weight is 192 g/mol. The van der Waals surface area contributed by atoms with Gasteiger partial charge in [0.25, 0.3) is 0 Å². The first-order chi connectivity index (χ1) is 4.91. The lowest BCUT2D eigenvalue weighted by Gasteiger charge is -2.05. The maximum Gasteiger partial charge on any atom is 0.156 e. The summed E-state index contributed by atoms with van der Waals surface area (Å²) in [4.78, 5) is 0. The highest BCUT2D eigenvalue weighted by molar-refractivity contribution is 6.52. The molecule has 0 aromatic heterocycles. The van der Waals surface area contributed by atoms with Crippen molar-refractivity contribution >= 4 is 19.5 Å². The molecule has 11 heavy (non-hydrogen) atoms. The van der Waals surface area contributed by atoms with Crippen LogP contribution in [-0.2, 0) is 4.12 Å². The van der Waals surface area contributed by atoms with Crippen molar-refractivity contribution in [2.24, 2.45) is 11.8 Å². The van der Waals surface area contributed by atoms with Crippen molar-refractivity contribution in [3.05, 3.63) is 0 Å². The van der Waals surface area contributed by atoms with Crippen LogP contribution in [0.4, 0.5) is 0 Å². The summed E-state index contributed by atoms with van der Waals surface area (Å²) in [6.45, 7) is 13.3. The van der Waals surface area contributed by atoms with Crippen LogP contribution in [0.3, 0.4) is 0 Å². The van der Waals surface area contributed by atoms with Crippen LogP contribution in [0.2, 0.25) is 13.1 Å². The van der Waals surface area contributed by atoms with Gasteiger partial charge < -0.3 is 4.12 Å². The summed E-state index contributed by atoms with van der Waals surface area (Å²) < 4.78 is 5.03. The maximum atomic E-state index is 5.03. The van der Waals surface area contributed by atoms with E-state index in [9.17, 15) is 0 Å². The quantitative estimate of drug-likeness (QED) is 0.604. The zero-order valence-corrected chi connectivity index (χ0v) is 12.3. The van der Waals surface area contributed by atoms with Crippen LogP contribution in [0.5, 0.6) is 0 Å². The minimum absolute atomic E-state index is 0.588. The van der Waals surface area contributed by atoms with Crippen LogP contribution in [0.25, 0.3) is 0 Å². The van der Waals surface area contributed by atoms with Gasteiger partial charge in [-0.2, -0.15) is 0 Å². The van der Waals surface area contributed by atoms with E-state index in [1.54, 1.807) is 0 Å². The molecule has 0 aromatic carbocycles. The van der Waals surface area contributed by atoms with Crippen LogP contribution in [0.15, 0.2) is 0 Å². The zero-order chi connectivity index (χ0) is 9.44. The fraction of sp³-hybridized carbons (Fsp3) is 1.00. The third-order valence-corrected chi connectivity index (χ3v) is 5.58. The number of rotatable bonds is 2. The monoisotopic (exact) mass is 192 g/mol. The Bertz CT molecular complexity index is 66.5. The van der Waals surface area contributed by atoms with Crippen molar-refractivity contribution in [1.82, 2.24) is 0 Å². The number of hydrogen-bond donors (Lipinski definition) is 0. The van der Waals surface area contributed by atoms with Gasteiger partial charge in [0.2, 0.25) is 0 Å². The first kappa shape index (κ1) is 13.9. The van der Waals surface area contributed by atoms with Gasteiger partial charge >= 0.3 is 0 Å². The first-order valence-corrected chi connectivity index (χ1v) is 8.04. The molecule has 0 fully saturated rings. The van der Waals surface area contributed by atoms with Crippen LogP contribution in [-0.4, -0.2) is 19.5 Å². The zero-order valence-electron chi connectivity index (χ0n) is 9.14. The Morgan fingerprint density at radius 3 is 1.18 bits per heavy atom. The molecule has 0 rings (SSSR count). The van der Waals surface area contributed by atoms with Gasteiger partial charge in [-0.25, -0.2) is 0 Å².